The van der Waals surface area contributed by atoms with Crippen molar-refractivity contribution in [3.05, 3.63) is 66.1 Å². The van der Waals surface area contributed by atoms with Crippen LogP contribution in [0, 0.1) is 0 Å². The molecule has 4 rings (SSSR count). The molecule has 0 bridgehead atoms. The fraction of sp³-hybridized carbons (Fsp3) is 0.200. The number of imidazole rings is 1. The summed E-state index contributed by atoms with van der Waals surface area (Å²) in [6.07, 6.45) is 0.337. The lowest BCUT2D eigenvalue weighted by Crippen LogP contribution is -2.25. The number of thioether (sulfide) groups is 1. The van der Waals surface area contributed by atoms with Gasteiger partial charge in [0.2, 0.25) is 5.91 Å². The normalized spacial score (nSPS) is 12.4. The number of aromatic nitrogens is 2. The van der Waals surface area contributed by atoms with Crippen LogP contribution in [0.5, 0.6) is 0 Å². The Morgan fingerprint density at radius 3 is 2.60 bits per heavy atom. The molecule has 25 heavy (non-hydrogen) atoms. The summed E-state index contributed by atoms with van der Waals surface area (Å²) in [5.41, 5.74) is 4.04. The lowest BCUT2D eigenvalue weighted by molar-refractivity contribution is -0.128. The molecular formula is C20H19N3OS. The maximum atomic E-state index is 12.5. The third-order valence-corrected chi connectivity index (χ3v) is 5.43. The van der Waals surface area contributed by atoms with Crippen molar-refractivity contribution in [3.8, 4) is 16.9 Å². The van der Waals surface area contributed by atoms with Gasteiger partial charge >= 0.3 is 0 Å². The van der Waals surface area contributed by atoms with Gasteiger partial charge in [-0.2, -0.15) is 0 Å². The predicted molar refractivity (Wildman–Crippen MR) is 101 cm³/mol. The SMILES string of the molecule is CN(C)C(=O)Cc1c(-c2ccccc2)nc2n1-c1ccccc1SC2. The van der Waals surface area contributed by atoms with Gasteiger partial charge in [0.25, 0.3) is 0 Å². The Morgan fingerprint density at radius 2 is 1.84 bits per heavy atom. The third kappa shape index (κ3) is 2.85. The summed E-state index contributed by atoms with van der Waals surface area (Å²) in [5, 5.41) is 0. The molecule has 1 aromatic heterocycles. The van der Waals surface area contributed by atoms with Crippen molar-refractivity contribution in [2.24, 2.45) is 0 Å². The number of para-hydroxylation sites is 1. The van der Waals surface area contributed by atoms with Gasteiger partial charge in [-0.05, 0) is 12.1 Å². The van der Waals surface area contributed by atoms with Crippen LogP contribution in [-0.4, -0.2) is 34.5 Å². The molecule has 0 saturated heterocycles. The number of nitrogens with zero attached hydrogens (tertiary/aromatic N) is 3. The number of hydrogen-bond acceptors (Lipinski definition) is 3. The molecule has 3 aromatic rings. The molecule has 0 unspecified atom stereocenters. The summed E-state index contributed by atoms with van der Waals surface area (Å²) < 4.78 is 2.18. The van der Waals surface area contributed by atoms with Crippen molar-refractivity contribution in [1.82, 2.24) is 14.5 Å². The molecule has 0 spiro atoms. The number of rotatable bonds is 3. The highest BCUT2D eigenvalue weighted by Gasteiger charge is 2.26. The van der Waals surface area contributed by atoms with E-state index in [1.165, 1.54) is 4.90 Å². The van der Waals surface area contributed by atoms with E-state index in [1.807, 2.05) is 24.3 Å². The molecular weight excluding hydrogens is 330 g/mol. The van der Waals surface area contributed by atoms with E-state index in [9.17, 15) is 4.79 Å². The van der Waals surface area contributed by atoms with Crippen molar-refractivity contribution in [2.45, 2.75) is 17.1 Å². The third-order valence-electron chi connectivity index (χ3n) is 4.37. The van der Waals surface area contributed by atoms with Crippen LogP contribution in [0.25, 0.3) is 16.9 Å². The largest absolute Gasteiger partial charge is 0.348 e. The fourth-order valence-electron chi connectivity index (χ4n) is 3.08. The Hall–Kier alpha value is -2.53. The first-order valence-corrected chi connectivity index (χ1v) is 9.22. The zero-order chi connectivity index (χ0) is 17.4. The standard InChI is InChI=1S/C20H19N3OS/c1-22(2)19(24)12-16-20(14-8-4-3-5-9-14)21-18-13-25-17-11-7-6-10-15(17)23(16)18/h3-11H,12-13H2,1-2H3. The van der Waals surface area contributed by atoms with Crippen molar-refractivity contribution in [2.75, 3.05) is 14.1 Å². The number of carbonyl (C=O) groups excluding carboxylic acids is 1. The van der Waals surface area contributed by atoms with Gasteiger partial charge in [-0.3, -0.25) is 9.36 Å². The minimum Gasteiger partial charge on any atom is -0.348 e. The number of fused-ring (bicyclic) bond motifs is 3. The highest BCUT2D eigenvalue weighted by molar-refractivity contribution is 7.98. The molecule has 0 fully saturated rings. The Kier molecular flexibility index (Phi) is 4.09. The average Bonchev–Trinajstić information content (AvgIpc) is 3.01. The maximum Gasteiger partial charge on any atom is 0.228 e. The quantitative estimate of drug-likeness (QED) is 0.722. The van der Waals surface area contributed by atoms with Gasteiger partial charge in [-0.15, -0.1) is 11.8 Å². The van der Waals surface area contributed by atoms with E-state index in [1.54, 1.807) is 30.8 Å². The Balaban J connectivity index is 1.93. The molecule has 126 valence electrons. The van der Waals surface area contributed by atoms with Crippen molar-refractivity contribution < 1.29 is 4.79 Å². The van der Waals surface area contributed by atoms with E-state index in [2.05, 4.69) is 34.9 Å². The number of likely N-dealkylation sites (N-methyl/N-ethyl adjacent to an activating group) is 1. The van der Waals surface area contributed by atoms with Crippen molar-refractivity contribution in [1.29, 1.82) is 0 Å². The fourth-order valence-corrected chi connectivity index (χ4v) is 4.04. The zero-order valence-corrected chi connectivity index (χ0v) is 15.1. The van der Waals surface area contributed by atoms with Gasteiger partial charge in [0, 0.05) is 24.6 Å². The molecule has 0 aliphatic carbocycles. The van der Waals surface area contributed by atoms with E-state index < -0.39 is 0 Å². The lowest BCUT2D eigenvalue weighted by Gasteiger charge is -2.20. The highest BCUT2D eigenvalue weighted by Crippen LogP contribution is 2.38. The minimum absolute atomic E-state index is 0.0792. The second kappa shape index (κ2) is 6.41. The summed E-state index contributed by atoms with van der Waals surface area (Å²) in [6, 6.07) is 18.4. The Morgan fingerprint density at radius 1 is 1.12 bits per heavy atom. The molecule has 4 nitrogen and oxygen atoms in total. The second-order valence-electron chi connectivity index (χ2n) is 6.25. The molecule has 1 aliphatic heterocycles. The van der Waals surface area contributed by atoms with Gasteiger partial charge in [-0.1, -0.05) is 42.5 Å². The number of benzene rings is 2. The Labute approximate surface area is 151 Å². The zero-order valence-electron chi connectivity index (χ0n) is 14.3. The van der Waals surface area contributed by atoms with Gasteiger partial charge in [0.1, 0.15) is 5.82 Å². The first-order chi connectivity index (χ1) is 12.1. The van der Waals surface area contributed by atoms with Crippen LogP contribution in [-0.2, 0) is 17.0 Å². The lowest BCUT2D eigenvalue weighted by atomic mass is 10.1. The summed E-state index contributed by atoms with van der Waals surface area (Å²) in [5.74, 6) is 1.90. The topological polar surface area (TPSA) is 38.1 Å². The van der Waals surface area contributed by atoms with Crippen LogP contribution in [0.2, 0.25) is 0 Å². The first kappa shape index (κ1) is 16.0. The highest BCUT2D eigenvalue weighted by atomic mass is 32.2. The van der Waals surface area contributed by atoms with E-state index in [-0.39, 0.29) is 5.91 Å². The van der Waals surface area contributed by atoms with Crippen LogP contribution >= 0.6 is 11.8 Å². The number of hydrogen-bond donors (Lipinski definition) is 0. The monoisotopic (exact) mass is 349 g/mol. The van der Waals surface area contributed by atoms with Gasteiger partial charge in [0.15, 0.2) is 0 Å². The van der Waals surface area contributed by atoms with Gasteiger partial charge < -0.3 is 4.90 Å². The summed E-state index contributed by atoms with van der Waals surface area (Å²) in [7, 11) is 3.59. The molecule has 0 atom stereocenters. The first-order valence-electron chi connectivity index (χ1n) is 8.23. The predicted octanol–water partition coefficient (Wildman–Crippen LogP) is 3.78. The molecule has 2 aromatic carbocycles. The van der Waals surface area contributed by atoms with Crippen LogP contribution in [0.1, 0.15) is 11.5 Å². The van der Waals surface area contributed by atoms with Crippen molar-refractivity contribution in [3.63, 3.8) is 0 Å². The molecule has 1 amide bonds. The van der Waals surface area contributed by atoms with Gasteiger partial charge in [0.05, 0.1) is 29.2 Å². The Bertz CT molecular complexity index is 931. The van der Waals surface area contributed by atoms with Crippen LogP contribution in [0.4, 0.5) is 0 Å². The molecule has 5 heteroatoms. The van der Waals surface area contributed by atoms with Crippen LogP contribution < -0.4 is 0 Å². The van der Waals surface area contributed by atoms with Crippen molar-refractivity contribution >= 4 is 17.7 Å². The second-order valence-corrected chi connectivity index (χ2v) is 7.26. The number of carbonyl (C=O) groups is 1. The molecule has 0 saturated carbocycles. The molecule has 2 heterocycles. The molecule has 0 radical (unpaired) electrons. The van der Waals surface area contributed by atoms with Gasteiger partial charge in [-0.25, -0.2) is 4.98 Å². The van der Waals surface area contributed by atoms with E-state index in [0.29, 0.717) is 6.42 Å². The summed E-state index contributed by atoms with van der Waals surface area (Å²) >= 11 is 1.80. The van der Waals surface area contributed by atoms with E-state index in [4.69, 9.17) is 4.98 Å². The van der Waals surface area contributed by atoms with Crippen LogP contribution in [0.3, 0.4) is 0 Å². The summed E-state index contributed by atoms with van der Waals surface area (Å²) in [6.45, 7) is 0. The molecule has 0 N–H and O–H groups in total. The minimum atomic E-state index is 0.0792. The molecule has 1 aliphatic rings. The van der Waals surface area contributed by atoms with Crippen LogP contribution in [0.15, 0.2) is 59.5 Å². The summed E-state index contributed by atoms with van der Waals surface area (Å²) in [4.78, 5) is 20.2. The smallest absolute Gasteiger partial charge is 0.228 e. The average molecular weight is 349 g/mol. The van der Waals surface area contributed by atoms with E-state index >= 15 is 0 Å². The van der Waals surface area contributed by atoms with E-state index in [0.717, 1.165) is 34.2 Å². The number of amides is 1. The maximum absolute atomic E-state index is 12.5.